The van der Waals surface area contributed by atoms with Crippen molar-refractivity contribution in [2.24, 2.45) is 11.8 Å². The fourth-order valence-corrected chi connectivity index (χ4v) is 4.55. The van der Waals surface area contributed by atoms with Crippen molar-refractivity contribution >= 4 is 0 Å². The molecule has 1 aromatic rings. The maximum Gasteiger partial charge on any atom is 0.126 e. The summed E-state index contributed by atoms with van der Waals surface area (Å²) in [5.74, 6) is 7.19. The number of hydrogen-bond acceptors (Lipinski definition) is 3. The minimum Gasteiger partial charge on any atom is -0.489 e. The van der Waals surface area contributed by atoms with Crippen LogP contribution in [0.4, 0.5) is 0 Å². The molecule has 1 aliphatic carbocycles. The van der Waals surface area contributed by atoms with Gasteiger partial charge in [0.25, 0.3) is 0 Å². The molecule has 1 saturated carbocycles. The molecular weight excluding hydrogens is 348 g/mol. The summed E-state index contributed by atoms with van der Waals surface area (Å²) < 4.78 is 6.33. The lowest BCUT2D eigenvalue weighted by Crippen LogP contribution is -2.19. The third-order valence-corrected chi connectivity index (χ3v) is 6.25. The number of aliphatic hydroxyl groups is 2. The zero-order valence-corrected chi connectivity index (χ0v) is 17.4. The zero-order chi connectivity index (χ0) is 20.1. The SMILES string of the molecule is CC#CC[C@@H](C)[C@H](O)C=C[C@@H]1[C@H]2c3cccc(CCCCC)c3O[C@H]2C[C@H]1O. The number of unbranched alkanes of at least 4 members (excludes halogenated alkanes) is 2. The smallest absolute Gasteiger partial charge is 0.126 e. The first-order chi connectivity index (χ1) is 13.6. The van der Waals surface area contributed by atoms with Gasteiger partial charge in [-0.25, -0.2) is 0 Å². The van der Waals surface area contributed by atoms with Crippen LogP contribution >= 0.6 is 0 Å². The molecule has 2 N–H and O–H groups in total. The summed E-state index contributed by atoms with van der Waals surface area (Å²) in [6.45, 7) is 6.04. The highest BCUT2D eigenvalue weighted by Crippen LogP contribution is 2.52. The van der Waals surface area contributed by atoms with E-state index in [1.54, 1.807) is 0 Å². The molecule has 3 nitrogen and oxygen atoms in total. The summed E-state index contributed by atoms with van der Waals surface area (Å²) in [7, 11) is 0. The van der Waals surface area contributed by atoms with E-state index >= 15 is 0 Å². The Hall–Kier alpha value is -1.76. The summed E-state index contributed by atoms with van der Waals surface area (Å²) >= 11 is 0. The van der Waals surface area contributed by atoms with E-state index in [0.717, 1.165) is 12.2 Å². The molecule has 3 rings (SSSR count). The number of ether oxygens (including phenoxy) is 1. The van der Waals surface area contributed by atoms with Gasteiger partial charge < -0.3 is 14.9 Å². The van der Waals surface area contributed by atoms with Crippen LogP contribution in [0.3, 0.4) is 0 Å². The minimum absolute atomic E-state index is 0.0174. The quantitative estimate of drug-likeness (QED) is 0.392. The van der Waals surface area contributed by atoms with E-state index in [0.29, 0.717) is 12.8 Å². The monoisotopic (exact) mass is 382 g/mol. The van der Waals surface area contributed by atoms with Crippen LogP contribution < -0.4 is 4.74 Å². The van der Waals surface area contributed by atoms with Crippen LogP contribution in [-0.4, -0.2) is 28.5 Å². The second kappa shape index (κ2) is 9.63. The van der Waals surface area contributed by atoms with Crippen molar-refractivity contribution in [2.75, 3.05) is 0 Å². The maximum absolute atomic E-state index is 10.6. The molecular formula is C25H34O3. The van der Waals surface area contributed by atoms with Crippen molar-refractivity contribution in [3.05, 3.63) is 41.5 Å². The summed E-state index contributed by atoms with van der Waals surface area (Å²) in [5, 5.41) is 21.0. The second-order valence-electron chi connectivity index (χ2n) is 8.34. The molecule has 28 heavy (non-hydrogen) atoms. The average Bonchev–Trinajstić information content (AvgIpc) is 3.19. The lowest BCUT2D eigenvalue weighted by molar-refractivity contribution is 0.134. The lowest BCUT2D eigenvalue weighted by atomic mass is 9.86. The number of aliphatic hydroxyl groups excluding tert-OH is 2. The van der Waals surface area contributed by atoms with E-state index in [2.05, 4.69) is 37.0 Å². The lowest BCUT2D eigenvalue weighted by Gasteiger charge is -2.19. The van der Waals surface area contributed by atoms with Crippen molar-refractivity contribution in [3.8, 4) is 17.6 Å². The Morgan fingerprint density at radius 1 is 1.32 bits per heavy atom. The van der Waals surface area contributed by atoms with Gasteiger partial charge in [0, 0.05) is 30.2 Å². The summed E-state index contributed by atoms with van der Waals surface area (Å²) in [6.07, 6.45) is 8.92. The Bertz CT molecular complexity index is 742. The van der Waals surface area contributed by atoms with Crippen LogP contribution in [0.2, 0.25) is 0 Å². The molecule has 1 aliphatic heterocycles. The summed E-state index contributed by atoms with van der Waals surface area (Å²) in [5.41, 5.74) is 2.52. The highest BCUT2D eigenvalue weighted by molar-refractivity contribution is 5.49. The fraction of sp³-hybridized carbons (Fsp3) is 0.600. The average molecular weight is 383 g/mol. The summed E-state index contributed by atoms with van der Waals surface area (Å²) in [4.78, 5) is 0. The van der Waals surface area contributed by atoms with Gasteiger partial charge in [0.05, 0.1) is 12.2 Å². The zero-order valence-electron chi connectivity index (χ0n) is 17.4. The normalized spacial score (nSPS) is 27.6. The Balaban J connectivity index is 1.75. The van der Waals surface area contributed by atoms with Gasteiger partial charge in [-0.1, -0.05) is 57.0 Å². The standard InChI is InChI=1S/C25H34O3/c1-4-6-8-11-18-12-9-13-20-24-19(22(27)16-23(24)28-25(18)20)14-15-21(26)17(3)10-7-5-2/h9,12-15,17,19,21-24,26-27H,4,6,8,10-11,16H2,1-3H3/t17-,19+,21-,22-,23+,24+/m1/s1. The first-order valence-electron chi connectivity index (χ1n) is 10.8. The topological polar surface area (TPSA) is 49.7 Å². The molecule has 0 spiro atoms. The van der Waals surface area contributed by atoms with E-state index < -0.39 is 12.2 Å². The molecule has 0 unspecified atom stereocenters. The van der Waals surface area contributed by atoms with Crippen molar-refractivity contribution in [2.45, 2.75) is 83.5 Å². The number of fused-ring (bicyclic) bond motifs is 3. The van der Waals surface area contributed by atoms with Gasteiger partial charge in [0.2, 0.25) is 0 Å². The van der Waals surface area contributed by atoms with Crippen molar-refractivity contribution in [1.29, 1.82) is 0 Å². The second-order valence-corrected chi connectivity index (χ2v) is 8.34. The van der Waals surface area contributed by atoms with Gasteiger partial charge >= 0.3 is 0 Å². The number of hydrogen-bond donors (Lipinski definition) is 2. The van der Waals surface area contributed by atoms with Gasteiger partial charge in [-0.05, 0) is 31.2 Å². The Labute approximate surface area is 169 Å². The number of benzene rings is 1. The van der Waals surface area contributed by atoms with Crippen LogP contribution in [0.15, 0.2) is 30.4 Å². The van der Waals surface area contributed by atoms with Crippen molar-refractivity contribution < 1.29 is 14.9 Å². The van der Waals surface area contributed by atoms with E-state index in [1.807, 2.05) is 26.0 Å². The van der Waals surface area contributed by atoms with E-state index in [9.17, 15) is 10.2 Å². The molecule has 0 bridgehead atoms. The van der Waals surface area contributed by atoms with Crippen LogP contribution in [0.1, 0.15) is 69.9 Å². The Morgan fingerprint density at radius 2 is 2.14 bits per heavy atom. The molecule has 1 fully saturated rings. The van der Waals surface area contributed by atoms with Gasteiger partial charge in [-0.3, -0.25) is 0 Å². The van der Waals surface area contributed by atoms with Gasteiger partial charge in [0.15, 0.2) is 0 Å². The third kappa shape index (κ3) is 4.45. The minimum atomic E-state index is -0.547. The molecule has 1 aromatic carbocycles. The highest BCUT2D eigenvalue weighted by Gasteiger charge is 2.48. The first kappa shape index (κ1) is 21.0. The summed E-state index contributed by atoms with van der Waals surface area (Å²) in [6, 6.07) is 6.45. The molecule has 0 amide bonds. The fourth-order valence-electron chi connectivity index (χ4n) is 4.55. The Kier molecular flexibility index (Phi) is 7.21. The molecule has 1 heterocycles. The molecule has 0 aromatic heterocycles. The maximum atomic E-state index is 10.6. The predicted octanol–water partition coefficient (Wildman–Crippen LogP) is 4.61. The molecule has 6 atom stereocenters. The third-order valence-electron chi connectivity index (χ3n) is 6.25. The highest BCUT2D eigenvalue weighted by atomic mass is 16.5. The molecule has 152 valence electrons. The largest absolute Gasteiger partial charge is 0.489 e. The van der Waals surface area contributed by atoms with E-state index in [1.165, 1.54) is 30.4 Å². The number of para-hydroxylation sites is 1. The predicted molar refractivity (Wildman–Crippen MR) is 113 cm³/mol. The van der Waals surface area contributed by atoms with E-state index in [-0.39, 0.29) is 23.9 Å². The van der Waals surface area contributed by atoms with Gasteiger partial charge in [-0.2, -0.15) is 0 Å². The van der Waals surface area contributed by atoms with Crippen LogP contribution in [0.25, 0.3) is 0 Å². The van der Waals surface area contributed by atoms with E-state index in [4.69, 9.17) is 4.74 Å². The van der Waals surface area contributed by atoms with Crippen LogP contribution in [-0.2, 0) is 6.42 Å². The van der Waals surface area contributed by atoms with Crippen molar-refractivity contribution in [3.63, 3.8) is 0 Å². The molecule has 0 radical (unpaired) electrons. The number of aryl methyl sites for hydroxylation is 1. The van der Waals surface area contributed by atoms with Crippen molar-refractivity contribution in [1.82, 2.24) is 0 Å². The van der Waals surface area contributed by atoms with Gasteiger partial charge in [0.1, 0.15) is 11.9 Å². The van der Waals surface area contributed by atoms with Crippen LogP contribution in [0.5, 0.6) is 5.75 Å². The Morgan fingerprint density at radius 3 is 2.89 bits per heavy atom. The number of rotatable bonds is 8. The molecule has 0 saturated heterocycles. The van der Waals surface area contributed by atoms with Gasteiger partial charge in [-0.15, -0.1) is 11.8 Å². The first-order valence-corrected chi connectivity index (χ1v) is 10.8. The van der Waals surface area contributed by atoms with Crippen LogP contribution in [0, 0.1) is 23.7 Å². The molecule has 2 aliphatic rings. The molecule has 3 heteroatoms.